The van der Waals surface area contributed by atoms with Gasteiger partial charge in [-0.05, 0) is 51.8 Å². The molecule has 1 aromatic rings. The second-order valence-electron chi connectivity index (χ2n) is 7.87. The van der Waals surface area contributed by atoms with Crippen LogP contribution in [0.25, 0.3) is 0 Å². The van der Waals surface area contributed by atoms with Crippen molar-refractivity contribution < 1.29 is 23.0 Å². The number of unbranched alkanes of at least 4 members (excludes halogenated alkanes) is 6. The fourth-order valence-corrected chi connectivity index (χ4v) is 2.99. The third-order valence-corrected chi connectivity index (χ3v) is 4.43. The van der Waals surface area contributed by atoms with Crippen molar-refractivity contribution in [2.75, 3.05) is 0 Å². The maximum Gasteiger partial charge on any atom is 0.272 e. The molecule has 28 heavy (non-hydrogen) atoms. The third-order valence-electron chi connectivity index (χ3n) is 4.43. The van der Waals surface area contributed by atoms with Gasteiger partial charge in [-0.15, -0.1) is 0 Å². The van der Waals surface area contributed by atoms with E-state index in [1.165, 1.54) is 38.2 Å². The van der Waals surface area contributed by atoms with Crippen molar-refractivity contribution in [2.24, 2.45) is 0 Å². The number of halogens is 2. The molecule has 0 fully saturated rings. The summed E-state index contributed by atoms with van der Waals surface area (Å²) in [6.07, 6.45) is 8.39. The van der Waals surface area contributed by atoms with Crippen LogP contribution in [0.3, 0.4) is 0 Å². The molecule has 3 nitrogen and oxygen atoms in total. The van der Waals surface area contributed by atoms with Gasteiger partial charge in [-0.2, -0.15) is 0 Å². The van der Waals surface area contributed by atoms with Gasteiger partial charge in [0, 0.05) is 0 Å². The minimum absolute atomic E-state index is 0.0760. The molecule has 0 aliphatic carbocycles. The van der Waals surface area contributed by atoms with E-state index in [1.54, 1.807) is 6.07 Å². The van der Waals surface area contributed by atoms with Crippen molar-refractivity contribution in [3.05, 3.63) is 35.4 Å². The lowest BCUT2D eigenvalue weighted by Gasteiger charge is -2.28. The van der Waals surface area contributed by atoms with Crippen LogP contribution in [0.5, 0.6) is 0 Å². The number of rotatable bonds is 15. The van der Waals surface area contributed by atoms with E-state index in [0.717, 1.165) is 18.9 Å². The monoisotopic (exact) mass is 400 g/mol. The Morgan fingerprint density at radius 2 is 1.32 bits per heavy atom. The van der Waals surface area contributed by atoms with E-state index >= 15 is 0 Å². The van der Waals surface area contributed by atoms with Crippen molar-refractivity contribution in [1.29, 1.82) is 0 Å². The molecule has 0 aliphatic rings. The third kappa shape index (κ3) is 10.5. The first kappa shape index (κ1) is 25.0. The summed E-state index contributed by atoms with van der Waals surface area (Å²) in [5.41, 5.74) is 0.606. The molecule has 1 unspecified atom stereocenters. The van der Waals surface area contributed by atoms with Crippen LogP contribution in [0.1, 0.15) is 97.7 Å². The van der Waals surface area contributed by atoms with Crippen molar-refractivity contribution >= 4 is 0 Å². The van der Waals surface area contributed by atoms with Gasteiger partial charge in [-0.3, -0.25) is 0 Å². The Hall–Kier alpha value is -1.04. The van der Waals surface area contributed by atoms with Crippen LogP contribution in [-0.2, 0) is 14.2 Å². The highest BCUT2D eigenvalue weighted by molar-refractivity contribution is 5.20. The minimum atomic E-state index is -0.864. The zero-order chi connectivity index (χ0) is 20.9. The molecule has 1 aromatic carbocycles. The fraction of sp³-hybridized carbons (Fsp3) is 0.739. The van der Waals surface area contributed by atoms with Crippen molar-refractivity contribution in [3.8, 4) is 0 Å². The zero-order valence-electron chi connectivity index (χ0n) is 18.2. The molecular formula is C23H38F2O3. The van der Waals surface area contributed by atoms with Crippen LogP contribution in [0, 0.1) is 11.6 Å². The quantitative estimate of drug-likeness (QED) is 0.228. The highest BCUT2D eigenvalue weighted by atomic mass is 19.2. The molecule has 0 saturated carbocycles. The first-order valence-electron chi connectivity index (χ1n) is 10.7. The SMILES string of the molecule is CCCCCCCCCC(OC(OC(C)C)OC(C)C)c1ccc(F)c(F)c1. The van der Waals surface area contributed by atoms with Gasteiger partial charge in [0.2, 0.25) is 0 Å². The summed E-state index contributed by atoms with van der Waals surface area (Å²) in [6, 6.07) is 3.93. The van der Waals surface area contributed by atoms with E-state index in [0.29, 0.717) is 12.0 Å². The number of benzene rings is 1. The minimum Gasteiger partial charge on any atom is -0.327 e. The summed E-state index contributed by atoms with van der Waals surface area (Å²) in [6.45, 7) is 8.98. The zero-order valence-corrected chi connectivity index (χ0v) is 18.2. The molecule has 0 spiro atoms. The van der Waals surface area contributed by atoms with Crippen LogP contribution < -0.4 is 0 Å². The second kappa shape index (κ2) is 14.0. The lowest BCUT2D eigenvalue weighted by molar-refractivity contribution is -0.328. The average molecular weight is 401 g/mol. The Labute approximate surface area is 169 Å². The average Bonchev–Trinajstić information content (AvgIpc) is 2.61. The Morgan fingerprint density at radius 3 is 1.86 bits per heavy atom. The number of hydrogen-bond donors (Lipinski definition) is 0. The summed E-state index contributed by atoms with van der Waals surface area (Å²) in [5.74, 6) is -1.72. The van der Waals surface area contributed by atoms with Gasteiger partial charge in [0.05, 0.1) is 18.3 Å². The molecule has 0 N–H and O–H groups in total. The highest BCUT2D eigenvalue weighted by Crippen LogP contribution is 2.28. The molecule has 162 valence electrons. The van der Waals surface area contributed by atoms with E-state index in [-0.39, 0.29) is 12.2 Å². The molecule has 0 saturated heterocycles. The molecular weight excluding hydrogens is 362 g/mol. The highest BCUT2D eigenvalue weighted by Gasteiger charge is 2.22. The maximum absolute atomic E-state index is 13.8. The second-order valence-corrected chi connectivity index (χ2v) is 7.87. The smallest absolute Gasteiger partial charge is 0.272 e. The van der Waals surface area contributed by atoms with Gasteiger partial charge < -0.3 is 14.2 Å². The molecule has 0 aliphatic heterocycles. The van der Waals surface area contributed by atoms with Crippen molar-refractivity contribution in [1.82, 2.24) is 0 Å². The molecule has 0 aromatic heterocycles. The predicted molar refractivity (Wildman–Crippen MR) is 109 cm³/mol. The lowest BCUT2D eigenvalue weighted by atomic mass is 10.0. The molecule has 0 radical (unpaired) electrons. The first-order valence-corrected chi connectivity index (χ1v) is 10.7. The molecule has 5 heteroatoms. The molecule has 0 bridgehead atoms. The Morgan fingerprint density at radius 1 is 0.750 bits per heavy atom. The van der Waals surface area contributed by atoms with E-state index in [2.05, 4.69) is 6.92 Å². The van der Waals surface area contributed by atoms with Crippen LogP contribution >= 0.6 is 0 Å². The maximum atomic E-state index is 13.8. The Bertz CT molecular complexity index is 525. The lowest BCUT2D eigenvalue weighted by Crippen LogP contribution is -2.29. The van der Waals surface area contributed by atoms with Gasteiger partial charge in [0.15, 0.2) is 11.6 Å². The molecule has 1 atom stereocenters. The van der Waals surface area contributed by atoms with E-state index < -0.39 is 24.2 Å². The summed E-state index contributed by atoms with van der Waals surface area (Å²) in [4.78, 5) is 0. The summed E-state index contributed by atoms with van der Waals surface area (Å²) < 4.78 is 44.6. The predicted octanol–water partition coefficient (Wildman–Crippen LogP) is 7.30. The Balaban J connectivity index is 2.74. The van der Waals surface area contributed by atoms with Gasteiger partial charge >= 0.3 is 0 Å². The fourth-order valence-electron chi connectivity index (χ4n) is 2.99. The van der Waals surface area contributed by atoms with Crippen molar-refractivity contribution in [3.63, 3.8) is 0 Å². The number of hydrogen-bond acceptors (Lipinski definition) is 3. The Kier molecular flexibility index (Phi) is 12.5. The summed E-state index contributed by atoms with van der Waals surface area (Å²) >= 11 is 0. The van der Waals surface area contributed by atoms with Crippen LogP contribution in [0.15, 0.2) is 18.2 Å². The standard InChI is InChI=1S/C23H38F2O3/c1-6-7-8-9-10-11-12-13-22(19-14-15-20(24)21(25)16-19)28-23(26-17(2)3)27-18(4)5/h14-18,22-23H,6-13H2,1-5H3. The molecule has 0 amide bonds. The van der Waals surface area contributed by atoms with Crippen LogP contribution in [-0.4, -0.2) is 18.7 Å². The summed E-state index contributed by atoms with van der Waals surface area (Å²) in [5, 5.41) is 0. The topological polar surface area (TPSA) is 27.7 Å². The van der Waals surface area contributed by atoms with Gasteiger partial charge in [0.25, 0.3) is 6.48 Å². The van der Waals surface area contributed by atoms with Gasteiger partial charge in [-0.25, -0.2) is 8.78 Å². The van der Waals surface area contributed by atoms with Crippen LogP contribution in [0.2, 0.25) is 0 Å². The molecule has 0 heterocycles. The van der Waals surface area contributed by atoms with Gasteiger partial charge in [-0.1, -0.05) is 57.9 Å². The van der Waals surface area contributed by atoms with E-state index in [4.69, 9.17) is 14.2 Å². The largest absolute Gasteiger partial charge is 0.327 e. The number of ether oxygens (including phenoxy) is 3. The summed E-state index contributed by atoms with van der Waals surface area (Å²) in [7, 11) is 0. The van der Waals surface area contributed by atoms with Crippen LogP contribution in [0.4, 0.5) is 8.78 Å². The van der Waals surface area contributed by atoms with E-state index in [1.807, 2.05) is 27.7 Å². The van der Waals surface area contributed by atoms with Crippen molar-refractivity contribution in [2.45, 2.75) is 111 Å². The normalized spacial score (nSPS) is 13.1. The molecule has 1 rings (SSSR count). The van der Waals surface area contributed by atoms with E-state index in [9.17, 15) is 8.78 Å². The van der Waals surface area contributed by atoms with Gasteiger partial charge in [0.1, 0.15) is 0 Å². The first-order chi connectivity index (χ1) is 13.3.